The molecule has 1 aliphatic carbocycles. The monoisotopic (exact) mass is 351 g/mol. The second-order valence-electron chi connectivity index (χ2n) is 7.76. The smallest absolute Gasteiger partial charge is 0.137 e. The molecule has 1 fully saturated rings. The number of hydrogen-bond acceptors (Lipinski definition) is 2. The number of aryl methyl sites for hydroxylation is 1. The number of pyridine rings is 1. The van der Waals surface area contributed by atoms with Crippen LogP contribution in [0.3, 0.4) is 0 Å². The van der Waals surface area contributed by atoms with Crippen molar-refractivity contribution in [3.05, 3.63) is 48.2 Å². The molecule has 2 nitrogen and oxygen atoms in total. The van der Waals surface area contributed by atoms with Gasteiger partial charge in [-0.2, -0.15) is 0 Å². The van der Waals surface area contributed by atoms with Crippen LogP contribution < -0.4 is 4.74 Å². The molecule has 0 unspecified atom stereocenters. The normalized spacial score (nSPS) is 20.1. The van der Waals surface area contributed by atoms with Crippen molar-refractivity contribution >= 4 is 0 Å². The van der Waals surface area contributed by atoms with Gasteiger partial charge in [-0.05, 0) is 48.8 Å². The van der Waals surface area contributed by atoms with Crippen molar-refractivity contribution in [3.8, 4) is 17.0 Å². The van der Waals surface area contributed by atoms with Gasteiger partial charge in [-0.3, -0.25) is 4.98 Å². The summed E-state index contributed by atoms with van der Waals surface area (Å²) in [7, 11) is 0. The van der Waals surface area contributed by atoms with Crippen molar-refractivity contribution in [2.75, 3.05) is 6.61 Å². The van der Waals surface area contributed by atoms with Crippen LogP contribution in [-0.4, -0.2) is 11.6 Å². The summed E-state index contributed by atoms with van der Waals surface area (Å²) in [6.07, 6.45) is 12.5. The Bertz CT molecular complexity index is 639. The van der Waals surface area contributed by atoms with Crippen molar-refractivity contribution in [3.63, 3.8) is 0 Å². The zero-order chi connectivity index (χ0) is 18.2. The Balaban J connectivity index is 1.50. The Morgan fingerprint density at radius 2 is 1.65 bits per heavy atom. The van der Waals surface area contributed by atoms with Crippen LogP contribution >= 0.6 is 0 Å². The van der Waals surface area contributed by atoms with E-state index in [1.54, 1.807) is 0 Å². The first-order valence-corrected chi connectivity index (χ1v) is 10.5. The summed E-state index contributed by atoms with van der Waals surface area (Å²) in [6.45, 7) is 5.20. The summed E-state index contributed by atoms with van der Waals surface area (Å²) >= 11 is 0. The van der Waals surface area contributed by atoms with E-state index in [2.05, 4.69) is 43.1 Å². The average molecular weight is 352 g/mol. The molecule has 1 aliphatic rings. The molecule has 0 saturated heterocycles. The minimum atomic E-state index is 0.746. The van der Waals surface area contributed by atoms with Crippen molar-refractivity contribution in [2.45, 2.75) is 65.2 Å². The molecule has 1 heterocycles. The van der Waals surface area contributed by atoms with Crippen LogP contribution in [0.2, 0.25) is 0 Å². The molecule has 0 spiro atoms. The van der Waals surface area contributed by atoms with Gasteiger partial charge in [-0.1, -0.05) is 70.2 Å². The number of aromatic nitrogens is 1. The molecule has 1 saturated carbocycles. The third kappa shape index (κ3) is 5.33. The fourth-order valence-corrected chi connectivity index (χ4v) is 4.00. The lowest BCUT2D eigenvalue weighted by atomic mass is 9.78. The molecule has 0 N–H and O–H groups in total. The summed E-state index contributed by atoms with van der Waals surface area (Å²) < 4.78 is 5.61. The van der Waals surface area contributed by atoms with Crippen LogP contribution in [0.15, 0.2) is 42.6 Å². The lowest BCUT2D eigenvalue weighted by Gasteiger charge is -2.27. The van der Waals surface area contributed by atoms with Crippen LogP contribution in [0.5, 0.6) is 5.75 Å². The molecule has 0 radical (unpaired) electrons. The van der Waals surface area contributed by atoms with E-state index in [-0.39, 0.29) is 0 Å². The van der Waals surface area contributed by atoms with E-state index >= 15 is 0 Å². The largest absolute Gasteiger partial charge is 0.492 e. The second-order valence-corrected chi connectivity index (χ2v) is 7.76. The first kappa shape index (κ1) is 18.9. The zero-order valence-electron chi connectivity index (χ0n) is 16.4. The van der Waals surface area contributed by atoms with Crippen LogP contribution in [0.25, 0.3) is 11.3 Å². The fraction of sp³-hybridized carbons (Fsp3) is 0.542. The number of benzene rings is 1. The summed E-state index contributed by atoms with van der Waals surface area (Å²) in [6, 6.07) is 13.0. The first-order valence-electron chi connectivity index (χ1n) is 10.5. The molecule has 26 heavy (non-hydrogen) atoms. The Labute approximate surface area is 159 Å². The van der Waals surface area contributed by atoms with Gasteiger partial charge in [0, 0.05) is 5.56 Å². The number of hydrogen-bond donors (Lipinski definition) is 0. The Morgan fingerprint density at radius 1 is 0.923 bits per heavy atom. The molecule has 140 valence electrons. The number of rotatable bonds is 8. The molecule has 3 rings (SSSR count). The van der Waals surface area contributed by atoms with E-state index in [4.69, 9.17) is 4.74 Å². The Hall–Kier alpha value is -1.83. The molecular formula is C24H33NO. The molecule has 1 aromatic heterocycles. The lowest BCUT2D eigenvalue weighted by molar-refractivity contribution is 0.259. The minimum Gasteiger partial charge on any atom is -0.492 e. The van der Waals surface area contributed by atoms with E-state index in [0.29, 0.717) is 0 Å². The maximum absolute atomic E-state index is 5.61. The third-order valence-corrected chi connectivity index (χ3v) is 5.84. The van der Waals surface area contributed by atoms with E-state index in [1.165, 1.54) is 56.1 Å². The van der Waals surface area contributed by atoms with Crippen LogP contribution in [-0.2, 0) is 6.42 Å². The van der Waals surface area contributed by atoms with Gasteiger partial charge in [0.25, 0.3) is 0 Å². The Morgan fingerprint density at radius 3 is 2.27 bits per heavy atom. The third-order valence-electron chi connectivity index (χ3n) is 5.84. The molecule has 0 amide bonds. The van der Waals surface area contributed by atoms with E-state index in [1.807, 2.05) is 18.3 Å². The van der Waals surface area contributed by atoms with Gasteiger partial charge in [-0.15, -0.1) is 0 Å². The summed E-state index contributed by atoms with van der Waals surface area (Å²) in [5, 5.41) is 0. The molecule has 2 heteroatoms. The van der Waals surface area contributed by atoms with Gasteiger partial charge in [-0.25, -0.2) is 0 Å². The van der Waals surface area contributed by atoms with Crippen molar-refractivity contribution in [1.29, 1.82) is 0 Å². The predicted molar refractivity (Wildman–Crippen MR) is 110 cm³/mol. The standard InChI is InChI=1S/C24H33NO/c1-3-17-26-23-15-16-24(25-18-23)22-13-11-21(12-14-22)10-9-20-7-5-19(4-2)6-8-20/h11-16,18-20H,3-10,17H2,1-2H3. The minimum absolute atomic E-state index is 0.746. The first-order chi connectivity index (χ1) is 12.8. The predicted octanol–water partition coefficient (Wildman–Crippen LogP) is 6.69. The average Bonchev–Trinajstić information content (AvgIpc) is 2.72. The molecule has 0 atom stereocenters. The molecule has 0 aliphatic heterocycles. The fourth-order valence-electron chi connectivity index (χ4n) is 4.00. The van der Waals surface area contributed by atoms with Gasteiger partial charge in [0.2, 0.25) is 0 Å². The van der Waals surface area contributed by atoms with E-state index in [0.717, 1.165) is 36.3 Å². The van der Waals surface area contributed by atoms with Crippen LogP contribution in [0.1, 0.15) is 64.4 Å². The van der Waals surface area contributed by atoms with Crippen LogP contribution in [0.4, 0.5) is 0 Å². The van der Waals surface area contributed by atoms with Gasteiger partial charge in [0.1, 0.15) is 5.75 Å². The van der Waals surface area contributed by atoms with Crippen LogP contribution in [0, 0.1) is 11.8 Å². The maximum atomic E-state index is 5.61. The highest BCUT2D eigenvalue weighted by atomic mass is 16.5. The second kappa shape index (κ2) is 9.75. The summed E-state index contributed by atoms with van der Waals surface area (Å²) in [5.74, 6) is 2.79. The molecule has 2 aromatic rings. The molecule has 0 bridgehead atoms. The Kier molecular flexibility index (Phi) is 7.11. The lowest BCUT2D eigenvalue weighted by Crippen LogP contribution is -2.14. The van der Waals surface area contributed by atoms with E-state index in [9.17, 15) is 0 Å². The number of ether oxygens (including phenoxy) is 1. The highest BCUT2D eigenvalue weighted by Gasteiger charge is 2.19. The van der Waals surface area contributed by atoms with Gasteiger partial charge in [0.05, 0.1) is 18.5 Å². The highest BCUT2D eigenvalue weighted by molar-refractivity contribution is 5.59. The molecular weight excluding hydrogens is 318 g/mol. The number of nitrogens with zero attached hydrogens (tertiary/aromatic N) is 1. The van der Waals surface area contributed by atoms with Crippen molar-refractivity contribution in [2.24, 2.45) is 11.8 Å². The molecule has 1 aromatic carbocycles. The quantitative estimate of drug-likeness (QED) is 0.529. The van der Waals surface area contributed by atoms with Gasteiger partial charge in [0.15, 0.2) is 0 Å². The summed E-state index contributed by atoms with van der Waals surface area (Å²) in [4.78, 5) is 4.54. The van der Waals surface area contributed by atoms with E-state index < -0.39 is 0 Å². The maximum Gasteiger partial charge on any atom is 0.137 e. The summed E-state index contributed by atoms with van der Waals surface area (Å²) in [5.41, 5.74) is 3.65. The topological polar surface area (TPSA) is 22.1 Å². The highest BCUT2D eigenvalue weighted by Crippen LogP contribution is 2.33. The van der Waals surface area contributed by atoms with Gasteiger partial charge >= 0.3 is 0 Å². The van der Waals surface area contributed by atoms with Crippen molar-refractivity contribution < 1.29 is 4.74 Å². The van der Waals surface area contributed by atoms with Crippen molar-refractivity contribution in [1.82, 2.24) is 4.98 Å². The van der Waals surface area contributed by atoms with Gasteiger partial charge < -0.3 is 4.74 Å². The zero-order valence-corrected chi connectivity index (χ0v) is 16.4. The SMILES string of the molecule is CCCOc1ccc(-c2ccc(CCC3CCC(CC)CC3)cc2)nc1.